The van der Waals surface area contributed by atoms with Gasteiger partial charge < -0.3 is 11.1 Å². The number of ketones is 1. The maximum atomic E-state index is 12.1. The summed E-state index contributed by atoms with van der Waals surface area (Å²) in [5.74, 6) is -0.0101. The molecule has 1 aliphatic rings. The third-order valence-electron chi connectivity index (χ3n) is 3.48. The predicted octanol–water partition coefficient (Wildman–Crippen LogP) is 2.62. The highest BCUT2D eigenvalue weighted by Crippen LogP contribution is 2.25. The largest absolute Gasteiger partial charge is 0.397 e. The summed E-state index contributed by atoms with van der Waals surface area (Å²) >= 11 is 3.27. The molecular weight excluding hydrogens is 306 g/mol. The van der Waals surface area contributed by atoms with Crippen molar-refractivity contribution < 1.29 is 4.79 Å². The summed E-state index contributed by atoms with van der Waals surface area (Å²) in [6, 6.07) is 5.69. The molecule has 4 nitrogen and oxygen atoms in total. The molecular formula is C14H16BrN3O. The van der Waals surface area contributed by atoms with Gasteiger partial charge in [-0.05, 0) is 40.9 Å². The number of nitriles is 1. The fourth-order valence-electron chi connectivity index (χ4n) is 2.34. The van der Waals surface area contributed by atoms with E-state index in [2.05, 4.69) is 21.2 Å². The zero-order chi connectivity index (χ0) is 13.8. The number of Topliss-reactive ketones (excluding diaryl/α,β-unsaturated/α-hetero) is 1. The van der Waals surface area contributed by atoms with Crippen LogP contribution >= 0.6 is 15.9 Å². The molecule has 0 bridgehead atoms. The van der Waals surface area contributed by atoms with E-state index in [4.69, 9.17) is 11.0 Å². The molecule has 0 atom stereocenters. The van der Waals surface area contributed by atoms with Gasteiger partial charge in [0.1, 0.15) is 6.07 Å². The van der Waals surface area contributed by atoms with E-state index in [1.54, 1.807) is 12.1 Å². The minimum atomic E-state index is -0.0101. The fourth-order valence-corrected chi connectivity index (χ4v) is 2.80. The smallest absolute Gasteiger partial charge is 0.176 e. The summed E-state index contributed by atoms with van der Waals surface area (Å²) in [7, 11) is 0. The Morgan fingerprint density at radius 3 is 2.79 bits per heavy atom. The number of benzene rings is 1. The Hall–Kier alpha value is -1.38. The molecule has 1 fully saturated rings. The molecule has 0 amide bonds. The normalized spacial score (nSPS) is 15.4. The maximum absolute atomic E-state index is 12.1. The summed E-state index contributed by atoms with van der Waals surface area (Å²) in [5.41, 5.74) is 6.97. The Morgan fingerprint density at radius 1 is 1.47 bits per heavy atom. The molecule has 0 heterocycles. The standard InChI is InChI=1S/C14H16BrN3O/c15-12-6-9(5-10(7-16)14(12)17)13(19)8-18-11-3-1-2-4-11/h5-6,11,18H,1-4,8,17H2. The van der Waals surface area contributed by atoms with Crippen molar-refractivity contribution in [3.8, 4) is 6.07 Å². The number of hydrogen-bond donors (Lipinski definition) is 2. The highest BCUT2D eigenvalue weighted by molar-refractivity contribution is 9.10. The molecule has 0 radical (unpaired) electrons. The molecule has 1 aliphatic carbocycles. The zero-order valence-electron chi connectivity index (χ0n) is 10.6. The predicted molar refractivity (Wildman–Crippen MR) is 77.9 cm³/mol. The Kier molecular flexibility index (Phi) is 4.56. The van der Waals surface area contributed by atoms with Crippen LogP contribution in [0.4, 0.5) is 5.69 Å². The second-order valence-electron chi connectivity index (χ2n) is 4.82. The van der Waals surface area contributed by atoms with E-state index in [0.29, 0.717) is 33.9 Å². The summed E-state index contributed by atoms with van der Waals surface area (Å²) in [6.45, 7) is 0.311. The monoisotopic (exact) mass is 321 g/mol. The van der Waals surface area contributed by atoms with Crippen LogP contribution in [0.1, 0.15) is 41.6 Å². The van der Waals surface area contributed by atoms with Gasteiger partial charge in [0.2, 0.25) is 0 Å². The molecule has 0 aliphatic heterocycles. The van der Waals surface area contributed by atoms with Crippen LogP contribution in [-0.4, -0.2) is 18.4 Å². The van der Waals surface area contributed by atoms with E-state index in [0.717, 1.165) is 12.8 Å². The average molecular weight is 322 g/mol. The van der Waals surface area contributed by atoms with Gasteiger partial charge in [-0.15, -0.1) is 0 Å². The molecule has 0 aromatic heterocycles. The molecule has 19 heavy (non-hydrogen) atoms. The van der Waals surface area contributed by atoms with E-state index >= 15 is 0 Å². The number of halogens is 1. The first-order valence-corrected chi connectivity index (χ1v) is 7.17. The second-order valence-corrected chi connectivity index (χ2v) is 5.67. The van der Waals surface area contributed by atoms with E-state index in [9.17, 15) is 4.79 Å². The molecule has 100 valence electrons. The summed E-state index contributed by atoms with van der Waals surface area (Å²) < 4.78 is 0.593. The highest BCUT2D eigenvalue weighted by atomic mass is 79.9. The molecule has 0 unspecified atom stereocenters. The minimum absolute atomic E-state index is 0.0101. The fraction of sp³-hybridized carbons (Fsp3) is 0.429. The first kappa shape index (κ1) is 14.0. The summed E-state index contributed by atoms with van der Waals surface area (Å²) in [6.07, 6.45) is 4.75. The zero-order valence-corrected chi connectivity index (χ0v) is 12.2. The average Bonchev–Trinajstić information content (AvgIpc) is 2.92. The topological polar surface area (TPSA) is 78.9 Å². The number of rotatable bonds is 4. The first-order valence-electron chi connectivity index (χ1n) is 6.37. The first-order chi connectivity index (χ1) is 9.11. The molecule has 0 saturated heterocycles. The van der Waals surface area contributed by atoms with Crippen molar-refractivity contribution in [3.05, 3.63) is 27.7 Å². The van der Waals surface area contributed by atoms with E-state index in [1.165, 1.54) is 12.8 Å². The van der Waals surface area contributed by atoms with Crippen molar-refractivity contribution in [1.29, 1.82) is 5.26 Å². The lowest BCUT2D eigenvalue weighted by Crippen LogP contribution is -2.31. The number of anilines is 1. The Bertz CT molecular complexity index is 530. The molecule has 2 rings (SSSR count). The minimum Gasteiger partial charge on any atom is -0.397 e. The number of carbonyl (C=O) groups excluding carboxylic acids is 1. The van der Waals surface area contributed by atoms with Crippen LogP contribution < -0.4 is 11.1 Å². The van der Waals surface area contributed by atoms with Gasteiger partial charge >= 0.3 is 0 Å². The van der Waals surface area contributed by atoms with Crippen molar-refractivity contribution >= 4 is 27.4 Å². The molecule has 0 spiro atoms. The summed E-state index contributed by atoms with van der Waals surface area (Å²) in [4.78, 5) is 12.1. The van der Waals surface area contributed by atoms with Gasteiger partial charge in [0, 0.05) is 16.1 Å². The molecule has 5 heteroatoms. The Morgan fingerprint density at radius 2 is 2.16 bits per heavy atom. The number of hydrogen-bond acceptors (Lipinski definition) is 4. The van der Waals surface area contributed by atoms with Gasteiger partial charge in [0.05, 0.1) is 17.8 Å². The van der Waals surface area contributed by atoms with Crippen LogP contribution in [0.5, 0.6) is 0 Å². The number of nitrogen functional groups attached to an aromatic ring is 1. The number of nitrogens with one attached hydrogen (secondary N) is 1. The van der Waals surface area contributed by atoms with Gasteiger partial charge in [-0.1, -0.05) is 12.8 Å². The van der Waals surface area contributed by atoms with Crippen LogP contribution in [0.3, 0.4) is 0 Å². The van der Waals surface area contributed by atoms with Crippen molar-refractivity contribution in [2.24, 2.45) is 0 Å². The van der Waals surface area contributed by atoms with E-state index in [1.807, 2.05) is 6.07 Å². The van der Waals surface area contributed by atoms with Crippen molar-refractivity contribution in [2.75, 3.05) is 12.3 Å². The van der Waals surface area contributed by atoms with Crippen LogP contribution in [0.25, 0.3) is 0 Å². The summed E-state index contributed by atoms with van der Waals surface area (Å²) in [5, 5.41) is 12.2. The maximum Gasteiger partial charge on any atom is 0.176 e. The quantitative estimate of drug-likeness (QED) is 0.660. The third-order valence-corrected chi connectivity index (χ3v) is 4.13. The SMILES string of the molecule is N#Cc1cc(C(=O)CNC2CCCC2)cc(Br)c1N. The lowest BCUT2D eigenvalue weighted by Gasteiger charge is -2.11. The van der Waals surface area contributed by atoms with E-state index in [-0.39, 0.29) is 5.78 Å². The van der Waals surface area contributed by atoms with Gasteiger partial charge in [-0.2, -0.15) is 5.26 Å². The van der Waals surface area contributed by atoms with Gasteiger partial charge in [0.15, 0.2) is 5.78 Å². The van der Waals surface area contributed by atoms with Crippen LogP contribution in [-0.2, 0) is 0 Å². The molecule has 1 saturated carbocycles. The molecule has 3 N–H and O–H groups in total. The van der Waals surface area contributed by atoms with Crippen LogP contribution in [0, 0.1) is 11.3 Å². The number of nitrogens with zero attached hydrogens (tertiary/aromatic N) is 1. The van der Waals surface area contributed by atoms with Crippen molar-refractivity contribution in [2.45, 2.75) is 31.7 Å². The van der Waals surface area contributed by atoms with Gasteiger partial charge in [0.25, 0.3) is 0 Å². The highest BCUT2D eigenvalue weighted by Gasteiger charge is 2.17. The Balaban J connectivity index is 2.06. The number of carbonyl (C=O) groups is 1. The van der Waals surface area contributed by atoms with Crippen molar-refractivity contribution in [1.82, 2.24) is 5.32 Å². The molecule has 1 aromatic carbocycles. The second kappa shape index (κ2) is 6.18. The lowest BCUT2D eigenvalue weighted by molar-refractivity contribution is 0.0987. The van der Waals surface area contributed by atoms with Crippen LogP contribution in [0.15, 0.2) is 16.6 Å². The number of nitrogens with two attached hydrogens (primary N) is 1. The van der Waals surface area contributed by atoms with Crippen LogP contribution in [0.2, 0.25) is 0 Å². The lowest BCUT2D eigenvalue weighted by atomic mass is 10.1. The Labute approximate surface area is 121 Å². The van der Waals surface area contributed by atoms with Gasteiger partial charge in [-0.3, -0.25) is 4.79 Å². The third kappa shape index (κ3) is 3.34. The van der Waals surface area contributed by atoms with E-state index < -0.39 is 0 Å². The van der Waals surface area contributed by atoms with Crippen molar-refractivity contribution in [3.63, 3.8) is 0 Å². The molecule has 1 aromatic rings. The van der Waals surface area contributed by atoms with Gasteiger partial charge in [-0.25, -0.2) is 0 Å².